The molecule has 0 saturated carbocycles. The number of hydrogen-bond acceptors (Lipinski definition) is 2. The van der Waals surface area contributed by atoms with Gasteiger partial charge in [0, 0.05) is 6.20 Å². The van der Waals surface area contributed by atoms with E-state index < -0.39 is 12.4 Å². The van der Waals surface area contributed by atoms with Crippen LogP contribution in [0.4, 0.5) is 12.9 Å². The van der Waals surface area contributed by atoms with Gasteiger partial charge >= 0.3 is 6.98 Å². The Kier molecular flexibility index (Phi) is 3.55. The lowest BCUT2D eigenvalue weighted by atomic mass is 9.80. The van der Waals surface area contributed by atoms with Crippen molar-refractivity contribution in [3.63, 3.8) is 0 Å². The van der Waals surface area contributed by atoms with Gasteiger partial charge in [0.15, 0.2) is 0 Å². The van der Waals surface area contributed by atoms with Crippen molar-refractivity contribution in [1.82, 2.24) is 4.98 Å². The molecule has 0 unspecified atom stereocenters. The van der Waals surface area contributed by atoms with Gasteiger partial charge in [0.25, 0.3) is 0 Å². The highest BCUT2D eigenvalue weighted by atomic mass is 19.4. The van der Waals surface area contributed by atoms with Crippen LogP contribution >= 0.6 is 0 Å². The number of rotatable bonds is 4. The Bertz CT molecular complexity index is 516. The Morgan fingerprint density at radius 3 is 2.56 bits per heavy atom. The fourth-order valence-electron chi connectivity index (χ4n) is 1.45. The van der Waals surface area contributed by atoms with Crippen molar-refractivity contribution in [2.24, 2.45) is 0 Å². The Morgan fingerprint density at radius 2 is 1.89 bits per heavy atom. The molecule has 0 aliphatic rings. The zero-order valence-electron chi connectivity index (χ0n) is 9.39. The average molecular weight is 252 g/mol. The number of ether oxygens (including phenoxy) is 1. The van der Waals surface area contributed by atoms with Crippen molar-refractivity contribution >= 4 is 12.4 Å². The standard InChI is InChI=1S/C12H10BF3NO/c14-13(15,16)10-4-3-6-12(8-10)18-9-11-5-1-2-7-17-11/h1-8H,9H2/q-1. The fourth-order valence-corrected chi connectivity index (χ4v) is 1.45. The van der Waals surface area contributed by atoms with Gasteiger partial charge in [-0.1, -0.05) is 18.2 Å². The molecule has 18 heavy (non-hydrogen) atoms. The van der Waals surface area contributed by atoms with E-state index in [9.17, 15) is 12.9 Å². The molecule has 2 nitrogen and oxygen atoms in total. The van der Waals surface area contributed by atoms with Crippen LogP contribution in [0.2, 0.25) is 0 Å². The molecule has 0 atom stereocenters. The topological polar surface area (TPSA) is 22.1 Å². The molecule has 0 amide bonds. The second-order valence-electron chi connectivity index (χ2n) is 3.76. The molecule has 1 aromatic heterocycles. The van der Waals surface area contributed by atoms with E-state index in [1.807, 2.05) is 0 Å². The summed E-state index contributed by atoms with van der Waals surface area (Å²) in [6.07, 6.45) is 1.61. The van der Waals surface area contributed by atoms with Gasteiger partial charge in [-0.05, 0) is 24.3 Å². The van der Waals surface area contributed by atoms with Crippen molar-refractivity contribution in [1.29, 1.82) is 0 Å². The normalized spacial score (nSPS) is 11.3. The first-order chi connectivity index (χ1) is 8.55. The van der Waals surface area contributed by atoms with Gasteiger partial charge in [-0.15, -0.1) is 5.46 Å². The maximum atomic E-state index is 12.5. The molecule has 94 valence electrons. The highest BCUT2D eigenvalue weighted by Crippen LogP contribution is 2.15. The van der Waals surface area contributed by atoms with Crippen LogP contribution < -0.4 is 10.2 Å². The van der Waals surface area contributed by atoms with Gasteiger partial charge in [-0.2, -0.15) is 0 Å². The van der Waals surface area contributed by atoms with Gasteiger partial charge in [-0.25, -0.2) is 0 Å². The Balaban J connectivity index is 2.06. The van der Waals surface area contributed by atoms with E-state index in [1.165, 1.54) is 12.1 Å². The minimum atomic E-state index is -4.99. The molecular formula is C12H10BF3NO-. The van der Waals surface area contributed by atoms with Gasteiger partial charge < -0.3 is 17.7 Å². The second-order valence-corrected chi connectivity index (χ2v) is 3.76. The summed E-state index contributed by atoms with van der Waals surface area (Å²) >= 11 is 0. The summed E-state index contributed by atoms with van der Waals surface area (Å²) < 4.78 is 42.9. The number of nitrogens with zero attached hydrogens (tertiary/aromatic N) is 1. The molecule has 0 aliphatic carbocycles. The lowest BCUT2D eigenvalue weighted by Gasteiger charge is -2.15. The van der Waals surface area contributed by atoms with Crippen LogP contribution in [0.5, 0.6) is 5.75 Å². The number of benzene rings is 1. The van der Waals surface area contributed by atoms with E-state index in [0.717, 1.165) is 12.1 Å². The zero-order chi connectivity index (χ0) is 13.0. The smallest absolute Gasteiger partial charge is 0.487 e. The molecular weight excluding hydrogens is 242 g/mol. The lowest BCUT2D eigenvalue weighted by Crippen LogP contribution is -2.33. The second kappa shape index (κ2) is 5.12. The van der Waals surface area contributed by atoms with Gasteiger partial charge in [-0.3, -0.25) is 4.98 Å². The van der Waals surface area contributed by atoms with Crippen molar-refractivity contribution < 1.29 is 17.7 Å². The maximum Gasteiger partial charge on any atom is 0.509 e. The zero-order valence-corrected chi connectivity index (χ0v) is 9.39. The molecule has 0 N–H and O–H groups in total. The summed E-state index contributed by atoms with van der Waals surface area (Å²) in [5, 5.41) is 0. The predicted molar refractivity (Wildman–Crippen MR) is 63.7 cm³/mol. The van der Waals surface area contributed by atoms with Crippen LogP contribution in [-0.4, -0.2) is 12.0 Å². The van der Waals surface area contributed by atoms with Gasteiger partial charge in [0.05, 0.1) is 5.69 Å². The maximum absolute atomic E-state index is 12.5. The minimum absolute atomic E-state index is 0.148. The SMILES string of the molecule is F[B-](F)(F)c1cccc(OCc2ccccn2)c1. The quantitative estimate of drug-likeness (QED) is 0.780. The number of pyridine rings is 1. The highest BCUT2D eigenvalue weighted by molar-refractivity contribution is 6.73. The van der Waals surface area contributed by atoms with E-state index in [2.05, 4.69) is 4.98 Å². The van der Waals surface area contributed by atoms with Gasteiger partial charge in [0.2, 0.25) is 0 Å². The summed E-state index contributed by atoms with van der Waals surface area (Å²) in [7, 11) is 0. The summed E-state index contributed by atoms with van der Waals surface area (Å²) in [5.74, 6) is 0.192. The molecule has 0 saturated heterocycles. The van der Waals surface area contributed by atoms with Crippen LogP contribution in [-0.2, 0) is 6.61 Å². The molecule has 0 radical (unpaired) electrons. The van der Waals surface area contributed by atoms with Crippen molar-refractivity contribution in [2.45, 2.75) is 6.61 Å². The average Bonchev–Trinajstić information content (AvgIpc) is 2.37. The molecule has 0 bridgehead atoms. The van der Waals surface area contributed by atoms with E-state index in [1.54, 1.807) is 24.4 Å². The molecule has 0 spiro atoms. The summed E-state index contributed by atoms with van der Waals surface area (Å²) in [6.45, 7) is -4.84. The fraction of sp³-hybridized carbons (Fsp3) is 0.0833. The molecule has 1 aromatic carbocycles. The molecule has 6 heteroatoms. The van der Waals surface area contributed by atoms with E-state index in [0.29, 0.717) is 5.69 Å². The van der Waals surface area contributed by atoms with Crippen LogP contribution in [0.3, 0.4) is 0 Å². The minimum Gasteiger partial charge on any atom is -0.487 e. The first kappa shape index (κ1) is 12.5. The van der Waals surface area contributed by atoms with E-state index >= 15 is 0 Å². The van der Waals surface area contributed by atoms with Crippen LogP contribution in [0.1, 0.15) is 5.69 Å². The number of aromatic nitrogens is 1. The first-order valence-electron chi connectivity index (χ1n) is 5.38. The van der Waals surface area contributed by atoms with Crippen molar-refractivity contribution in [2.75, 3.05) is 0 Å². The summed E-state index contributed by atoms with van der Waals surface area (Å²) in [4.78, 5) is 4.02. The summed E-state index contributed by atoms with van der Waals surface area (Å²) in [6, 6.07) is 10.2. The monoisotopic (exact) mass is 252 g/mol. The van der Waals surface area contributed by atoms with Crippen molar-refractivity contribution in [3.05, 3.63) is 54.4 Å². The third-order valence-corrected chi connectivity index (χ3v) is 2.35. The predicted octanol–water partition coefficient (Wildman–Crippen LogP) is 2.72. The Labute approximate surface area is 102 Å². The lowest BCUT2D eigenvalue weighted by molar-refractivity contribution is 0.301. The van der Waals surface area contributed by atoms with Crippen LogP contribution in [0.15, 0.2) is 48.7 Å². The van der Waals surface area contributed by atoms with Crippen molar-refractivity contribution in [3.8, 4) is 5.75 Å². The Hall–Kier alpha value is -1.98. The molecule has 1 heterocycles. The number of halogens is 3. The van der Waals surface area contributed by atoms with Crippen LogP contribution in [0.25, 0.3) is 0 Å². The molecule has 0 fully saturated rings. The highest BCUT2D eigenvalue weighted by Gasteiger charge is 2.25. The largest absolute Gasteiger partial charge is 0.509 e. The molecule has 2 rings (SSSR count). The van der Waals surface area contributed by atoms with Gasteiger partial charge in [0.1, 0.15) is 12.4 Å². The van der Waals surface area contributed by atoms with E-state index in [-0.39, 0.29) is 12.4 Å². The first-order valence-corrected chi connectivity index (χ1v) is 5.38. The van der Waals surface area contributed by atoms with E-state index in [4.69, 9.17) is 4.74 Å². The van der Waals surface area contributed by atoms with Crippen LogP contribution in [0, 0.1) is 0 Å². The Morgan fingerprint density at radius 1 is 1.06 bits per heavy atom. The third kappa shape index (κ3) is 3.26. The molecule has 0 aliphatic heterocycles. The number of hydrogen-bond donors (Lipinski definition) is 0. The summed E-state index contributed by atoms with van der Waals surface area (Å²) in [5.41, 5.74) is 0.00828. The molecule has 2 aromatic rings. The third-order valence-electron chi connectivity index (χ3n) is 2.35.